The molecule has 1 fully saturated rings. The molecule has 0 bridgehead atoms. The van der Waals surface area contributed by atoms with E-state index in [2.05, 4.69) is 11.5 Å². The number of nitrogens with zero attached hydrogens (tertiary/aromatic N) is 1. The van der Waals surface area contributed by atoms with Gasteiger partial charge in [0.2, 0.25) is 0 Å². The molecule has 3 heteroatoms. The lowest BCUT2D eigenvalue weighted by molar-refractivity contribution is 0.0946. The summed E-state index contributed by atoms with van der Waals surface area (Å²) in [6.07, 6.45) is 4.43. The Morgan fingerprint density at radius 2 is 2.47 bits per heavy atom. The minimum absolute atomic E-state index is 0.293. The maximum Gasteiger partial charge on any atom is 0.166 e. The summed E-state index contributed by atoms with van der Waals surface area (Å²) in [5.74, 6) is 0. The van der Waals surface area contributed by atoms with Crippen molar-refractivity contribution in [3.8, 4) is 0 Å². The van der Waals surface area contributed by atoms with Crippen LogP contribution in [0.5, 0.6) is 0 Å². The van der Waals surface area contributed by atoms with Crippen LogP contribution in [0.15, 0.2) is 12.1 Å². The molecule has 1 aliphatic heterocycles. The third-order valence-corrected chi connectivity index (χ3v) is 3.00. The SMILES string of the molecule is CCc1ccc(C=O)n1C[C@@H]1CCCO1. The molecule has 2 rings (SSSR count). The van der Waals surface area contributed by atoms with E-state index >= 15 is 0 Å². The van der Waals surface area contributed by atoms with E-state index in [1.54, 1.807) is 0 Å². The molecule has 1 aliphatic rings. The molecule has 0 unspecified atom stereocenters. The van der Waals surface area contributed by atoms with E-state index in [0.717, 1.165) is 44.4 Å². The van der Waals surface area contributed by atoms with Crippen LogP contribution in [0.2, 0.25) is 0 Å². The minimum Gasteiger partial charge on any atom is -0.376 e. The fraction of sp³-hybridized carbons (Fsp3) is 0.583. The first-order valence-corrected chi connectivity index (χ1v) is 5.60. The minimum atomic E-state index is 0.293. The summed E-state index contributed by atoms with van der Waals surface area (Å²) in [6.45, 7) is 3.80. The molecule has 3 nitrogen and oxygen atoms in total. The fourth-order valence-electron chi connectivity index (χ4n) is 2.15. The summed E-state index contributed by atoms with van der Waals surface area (Å²) in [6, 6.07) is 3.92. The first-order valence-electron chi connectivity index (χ1n) is 5.60. The highest BCUT2D eigenvalue weighted by molar-refractivity contribution is 5.72. The van der Waals surface area contributed by atoms with Gasteiger partial charge in [0.25, 0.3) is 0 Å². The van der Waals surface area contributed by atoms with Crippen molar-refractivity contribution in [2.75, 3.05) is 6.61 Å². The molecule has 2 heterocycles. The topological polar surface area (TPSA) is 31.2 Å². The number of ether oxygens (including phenoxy) is 1. The van der Waals surface area contributed by atoms with Gasteiger partial charge in [-0.15, -0.1) is 0 Å². The third-order valence-electron chi connectivity index (χ3n) is 3.00. The highest BCUT2D eigenvalue weighted by Gasteiger charge is 2.18. The van der Waals surface area contributed by atoms with Gasteiger partial charge in [0.05, 0.1) is 11.8 Å². The van der Waals surface area contributed by atoms with Crippen molar-refractivity contribution in [2.24, 2.45) is 0 Å². The van der Waals surface area contributed by atoms with Gasteiger partial charge in [0.1, 0.15) is 0 Å². The molecule has 0 aliphatic carbocycles. The normalized spacial score (nSPS) is 20.7. The van der Waals surface area contributed by atoms with E-state index in [4.69, 9.17) is 4.74 Å². The molecule has 0 N–H and O–H groups in total. The molecule has 0 saturated carbocycles. The molecule has 1 atom stereocenters. The second-order valence-electron chi connectivity index (χ2n) is 3.97. The van der Waals surface area contributed by atoms with Crippen molar-refractivity contribution >= 4 is 6.29 Å². The molecule has 1 saturated heterocycles. The van der Waals surface area contributed by atoms with Crippen molar-refractivity contribution in [3.63, 3.8) is 0 Å². The van der Waals surface area contributed by atoms with Crippen molar-refractivity contribution < 1.29 is 9.53 Å². The Morgan fingerprint density at radius 1 is 1.60 bits per heavy atom. The average Bonchev–Trinajstić information content (AvgIpc) is 2.87. The van der Waals surface area contributed by atoms with Gasteiger partial charge in [-0.2, -0.15) is 0 Å². The highest BCUT2D eigenvalue weighted by atomic mass is 16.5. The van der Waals surface area contributed by atoms with Crippen LogP contribution in [0, 0.1) is 0 Å². The zero-order valence-corrected chi connectivity index (χ0v) is 9.11. The Balaban J connectivity index is 2.16. The van der Waals surface area contributed by atoms with Gasteiger partial charge < -0.3 is 9.30 Å². The number of aryl methyl sites for hydroxylation is 1. The van der Waals surface area contributed by atoms with E-state index in [-0.39, 0.29) is 0 Å². The van der Waals surface area contributed by atoms with Crippen molar-refractivity contribution in [2.45, 2.75) is 38.8 Å². The summed E-state index contributed by atoms with van der Waals surface area (Å²) < 4.78 is 7.67. The summed E-state index contributed by atoms with van der Waals surface area (Å²) in [5.41, 5.74) is 1.98. The van der Waals surface area contributed by atoms with Crippen molar-refractivity contribution in [1.29, 1.82) is 0 Å². The highest BCUT2D eigenvalue weighted by Crippen LogP contribution is 2.17. The molecule has 0 radical (unpaired) electrons. The van der Waals surface area contributed by atoms with E-state index in [1.807, 2.05) is 12.1 Å². The number of hydrogen-bond acceptors (Lipinski definition) is 2. The molecule has 82 valence electrons. The summed E-state index contributed by atoms with van der Waals surface area (Å²) in [7, 11) is 0. The maximum absolute atomic E-state index is 10.9. The Kier molecular flexibility index (Phi) is 3.21. The average molecular weight is 207 g/mol. The lowest BCUT2D eigenvalue weighted by Crippen LogP contribution is -2.18. The van der Waals surface area contributed by atoms with Crippen LogP contribution in [-0.2, 0) is 17.7 Å². The van der Waals surface area contributed by atoms with Crippen molar-refractivity contribution in [3.05, 3.63) is 23.5 Å². The van der Waals surface area contributed by atoms with E-state index < -0.39 is 0 Å². The van der Waals surface area contributed by atoms with Crippen LogP contribution in [-0.4, -0.2) is 23.6 Å². The summed E-state index contributed by atoms with van der Waals surface area (Å²) in [5, 5.41) is 0. The van der Waals surface area contributed by atoms with Crippen LogP contribution in [0.4, 0.5) is 0 Å². The predicted molar refractivity (Wildman–Crippen MR) is 58.2 cm³/mol. The predicted octanol–water partition coefficient (Wildman–Crippen LogP) is 2.04. The largest absolute Gasteiger partial charge is 0.376 e. The first kappa shape index (κ1) is 10.4. The molecule has 0 spiro atoms. The van der Waals surface area contributed by atoms with Gasteiger partial charge in [-0.3, -0.25) is 4.79 Å². The molecule has 0 amide bonds. The smallest absolute Gasteiger partial charge is 0.166 e. The zero-order chi connectivity index (χ0) is 10.7. The summed E-state index contributed by atoms with van der Waals surface area (Å²) in [4.78, 5) is 10.9. The van der Waals surface area contributed by atoms with Gasteiger partial charge >= 0.3 is 0 Å². The van der Waals surface area contributed by atoms with Gasteiger partial charge in [-0.05, 0) is 31.4 Å². The quantitative estimate of drug-likeness (QED) is 0.707. The van der Waals surface area contributed by atoms with Gasteiger partial charge in [-0.25, -0.2) is 0 Å². The fourth-order valence-corrected chi connectivity index (χ4v) is 2.15. The van der Waals surface area contributed by atoms with Crippen molar-refractivity contribution in [1.82, 2.24) is 4.57 Å². The first-order chi connectivity index (χ1) is 7.35. The summed E-state index contributed by atoms with van der Waals surface area (Å²) >= 11 is 0. The Bertz CT molecular complexity index is 337. The zero-order valence-electron chi connectivity index (χ0n) is 9.11. The lowest BCUT2D eigenvalue weighted by atomic mass is 10.2. The molecule has 1 aromatic heterocycles. The Labute approximate surface area is 90.0 Å². The number of carbonyl (C=O) groups excluding carboxylic acids is 1. The number of hydrogen-bond donors (Lipinski definition) is 0. The molecule has 15 heavy (non-hydrogen) atoms. The van der Waals surface area contributed by atoms with Gasteiger partial charge in [0.15, 0.2) is 6.29 Å². The van der Waals surface area contributed by atoms with E-state index in [9.17, 15) is 4.79 Å². The number of carbonyl (C=O) groups is 1. The van der Waals surface area contributed by atoms with Crippen LogP contribution in [0.25, 0.3) is 0 Å². The molecular formula is C12H17NO2. The van der Waals surface area contributed by atoms with E-state index in [1.165, 1.54) is 5.69 Å². The van der Waals surface area contributed by atoms with Crippen LogP contribution < -0.4 is 0 Å². The second kappa shape index (κ2) is 4.62. The Morgan fingerprint density at radius 3 is 3.07 bits per heavy atom. The third kappa shape index (κ3) is 2.12. The molecular weight excluding hydrogens is 190 g/mol. The molecule has 1 aromatic rings. The van der Waals surface area contributed by atoms with Crippen LogP contribution >= 0.6 is 0 Å². The number of rotatable bonds is 4. The second-order valence-corrected chi connectivity index (χ2v) is 3.97. The molecule has 0 aromatic carbocycles. The standard InChI is InChI=1S/C12H17NO2/c1-2-10-5-6-11(9-14)13(10)8-12-4-3-7-15-12/h5-6,9,12H,2-4,7-8H2,1H3/t12-/m0/s1. The van der Waals surface area contributed by atoms with Crippen LogP contribution in [0.1, 0.15) is 35.9 Å². The maximum atomic E-state index is 10.9. The van der Waals surface area contributed by atoms with E-state index in [0.29, 0.717) is 6.10 Å². The van der Waals surface area contributed by atoms with Gasteiger partial charge in [0, 0.05) is 18.8 Å². The number of aldehydes is 1. The lowest BCUT2D eigenvalue weighted by Gasteiger charge is -2.14. The number of aromatic nitrogens is 1. The van der Waals surface area contributed by atoms with Gasteiger partial charge in [-0.1, -0.05) is 6.92 Å². The Hall–Kier alpha value is -1.09. The van der Waals surface area contributed by atoms with Crippen LogP contribution in [0.3, 0.4) is 0 Å². The monoisotopic (exact) mass is 207 g/mol.